The number of hydrogen-bond donors (Lipinski definition) is 1. The van der Waals surface area contributed by atoms with Crippen molar-refractivity contribution in [1.29, 1.82) is 0 Å². The molecule has 0 saturated carbocycles. The molecule has 0 radical (unpaired) electrons. The molecule has 1 aromatic heterocycles. The first-order chi connectivity index (χ1) is 12.3. The molecule has 2 aromatic rings. The first-order valence-electron chi connectivity index (χ1n) is 9.22. The monoisotopic (exact) mass is 358 g/mol. The molecule has 1 unspecified atom stereocenters. The van der Waals surface area contributed by atoms with E-state index in [1.165, 1.54) is 10.2 Å². The number of benzene rings is 1. The van der Waals surface area contributed by atoms with Crippen molar-refractivity contribution >= 4 is 0 Å². The van der Waals surface area contributed by atoms with Crippen LogP contribution in [0.25, 0.3) is 0 Å². The Bertz CT molecular complexity index is 773. The Labute approximate surface area is 155 Å². The van der Waals surface area contributed by atoms with E-state index in [0.29, 0.717) is 17.9 Å². The van der Waals surface area contributed by atoms with Crippen LogP contribution in [0.4, 0.5) is 0 Å². The Morgan fingerprint density at radius 1 is 1.23 bits per heavy atom. The van der Waals surface area contributed by atoms with Crippen LogP contribution in [0.2, 0.25) is 0 Å². The van der Waals surface area contributed by atoms with Crippen molar-refractivity contribution in [2.45, 2.75) is 65.5 Å². The van der Waals surface area contributed by atoms with E-state index in [1.54, 1.807) is 13.1 Å². The van der Waals surface area contributed by atoms with Gasteiger partial charge in [0.25, 0.3) is 5.56 Å². The third-order valence-electron chi connectivity index (χ3n) is 4.55. The summed E-state index contributed by atoms with van der Waals surface area (Å²) in [4.78, 5) is 12.4. The minimum atomic E-state index is -0.532. The van der Waals surface area contributed by atoms with E-state index in [2.05, 4.69) is 44.9 Å². The van der Waals surface area contributed by atoms with Gasteiger partial charge in [-0.2, -0.15) is 5.10 Å². The summed E-state index contributed by atoms with van der Waals surface area (Å²) in [6.07, 6.45) is 2.95. The number of ether oxygens (including phenoxy) is 1. The van der Waals surface area contributed by atoms with Crippen LogP contribution in [0.5, 0.6) is 5.75 Å². The summed E-state index contributed by atoms with van der Waals surface area (Å²) in [5.74, 6) is 0.418. The maximum atomic E-state index is 12.4. The summed E-state index contributed by atoms with van der Waals surface area (Å²) >= 11 is 0. The fourth-order valence-corrected chi connectivity index (χ4v) is 2.72. The second-order valence-corrected chi connectivity index (χ2v) is 7.68. The molecule has 0 aliphatic carbocycles. The molecule has 142 valence electrons. The zero-order chi connectivity index (χ0) is 19.3. The van der Waals surface area contributed by atoms with Crippen LogP contribution >= 0.6 is 0 Å². The average molecular weight is 358 g/mol. The largest absolute Gasteiger partial charge is 0.481 e. The van der Waals surface area contributed by atoms with Crippen molar-refractivity contribution < 1.29 is 9.84 Å². The predicted molar refractivity (Wildman–Crippen MR) is 104 cm³/mol. The van der Waals surface area contributed by atoms with Crippen molar-refractivity contribution in [2.75, 3.05) is 6.61 Å². The standard InChI is InChI=1S/C21H30N2O3/c1-6-7-12-23-20(25)15(2)18(13-22-23)26-19(14-24)16-8-10-17(11-9-16)21(3,4)5/h8-11,13,19,24H,6-7,12,14H2,1-5H3. The third kappa shape index (κ3) is 4.73. The van der Waals surface area contributed by atoms with Gasteiger partial charge in [-0.25, -0.2) is 4.68 Å². The predicted octanol–water partition coefficient (Wildman–Crippen LogP) is 3.76. The van der Waals surface area contributed by atoms with Crippen LogP contribution in [-0.4, -0.2) is 21.5 Å². The minimum absolute atomic E-state index is 0.0671. The van der Waals surface area contributed by atoms with Crippen molar-refractivity contribution in [2.24, 2.45) is 0 Å². The molecule has 0 saturated heterocycles. The van der Waals surface area contributed by atoms with Crippen LogP contribution in [0.15, 0.2) is 35.3 Å². The summed E-state index contributed by atoms with van der Waals surface area (Å²) in [6.45, 7) is 10.7. The molecule has 0 bridgehead atoms. The maximum absolute atomic E-state index is 12.4. The molecule has 26 heavy (non-hydrogen) atoms. The number of nitrogens with zero attached hydrogens (tertiary/aromatic N) is 2. The number of hydrogen-bond acceptors (Lipinski definition) is 4. The van der Waals surface area contributed by atoms with Gasteiger partial charge in [0.2, 0.25) is 0 Å². The van der Waals surface area contributed by atoms with Crippen LogP contribution in [0.3, 0.4) is 0 Å². The van der Waals surface area contributed by atoms with Crippen molar-refractivity contribution in [3.05, 3.63) is 57.5 Å². The van der Waals surface area contributed by atoms with E-state index in [4.69, 9.17) is 4.74 Å². The number of unbranched alkanes of at least 4 members (excludes halogenated alkanes) is 1. The highest BCUT2D eigenvalue weighted by Gasteiger charge is 2.18. The fraction of sp³-hybridized carbons (Fsp3) is 0.524. The van der Waals surface area contributed by atoms with E-state index in [1.807, 2.05) is 12.1 Å². The highest BCUT2D eigenvalue weighted by Crippen LogP contribution is 2.26. The van der Waals surface area contributed by atoms with Crippen LogP contribution in [-0.2, 0) is 12.0 Å². The smallest absolute Gasteiger partial charge is 0.273 e. The van der Waals surface area contributed by atoms with Crippen LogP contribution in [0, 0.1) is 6.92 Å². The second kappa shape index (κ2) is 8.49. The second-order valence-electron chi connectivity index (χ2n) is 7.68. The number of aromatic nitrogens is 2. The summed E-state index contributed by atoms with van der Waals surface area (Å²) in [5, 5.41) is 14.0. The first kappa shape index (κ1) is 20.2. The molecule has 1 N–H and O–H groups in total. The highest BCUT2D eigenvalue weighted by atomic mass is 16.5. The van der Waals surface area contributed by atoms with Gasteiger partial charge in [-0.3, -0.25) is 4.79 Å². The summed E-state index contributed by atoms with van der Waals surface area (Å²) in [6, 6.07) is 8.03. The molecule has 1 heterocycles. The Hall–Kier alpha value is -2.14. The number of aryl methyl sites for hydroxylation is 1. The number of rotatable bonds is 7. The molecule has 0 spiro atoms. The van der Waals surface area contributed by atoms with Crippen molar-refractivity contribution in [3.8, 4) is 5.75 Å². The molecule has 1 atom stereocenters. The Balaban J connectivity index is 2.22. The molecule has 0 amide bonds. The SMILES string of the molecule is CCCCn1ncc(OC(CO)c2ccc(C(C)(C)C)cc2)c(C)c1=O. The lowest BCUT2D eigenvalue weighted by molar-refractivity contribution is 0.114. The van der Waals surface area contributed by atoms with Crippen LogP contribution in [0.1, 0.15) is 63.3 Å². The molecule has 5 nitrogen and oxygen atoms in total. The zero-order valence-corrected chi connectivity index (χ0v) is 16.5. The highest BCUT2D eigenvalue weighted by molar-refractivity contribution is 5.31. The number of aliphatic hydroxyl groups excluding tert-OH is 1. The average Bonchev–Trinajstić information content (AvgIpc) is 2.61. The lowest BCUT2D eigenvalue weighted by atomic mass is 9.86. The van der Waals surface area contributed by atoms with E-state index < -0.39 is 6.10 Å². The minimum Gasteiger partial charge on any atom is -0.481 e. The van der Waals surface area contributed by atoms with Gasteiger partial charge in [0.05, 0.1) is 18.4 Å². The molecular formula is C21H30N2O3. The van der Waals surface area contributed by atoms with Gasteiger partial charge < -0.3 is 9.84 Å². The lowest BCUT2D eigenvalue weighted by Crippen LogP contribution is -2.26. The van der Waals surface area contributed by atoms with E-state index in [9.17, 15) is 9.90 Å². The normalized spacial score (nSPS) is 12.8. The topological polar surface area (TPSA) is 64.3 Å². The Morgan fingerprint density at radius 3 is 2.42 bits per heavy atom. The number of aliphatic hydroxyl groups is 1. The van der Waals surface area contributed by atoms with E-state index in [0.717, 1.165) is 18.4 Å². The first-order valence-corrected chi connectivity index (χ1v) is 9.22. The Kier molecular flexibility index (Phi) is 6.59. The fourth-order valence-electron chi connectivity index (χ4n) is 2.72. The van der Waals surface area contributed by atoms with Gasteiger partial charge in [-0.05, 0) is 29.9 Å². The van der Waals surface area contributed by atoms with Gasteiger partial charge in [0, 0.05) is 6.54 Å². The molecule has 5 heteroatoms. The van der Waals surface area contributed by atoms with Gasteiger partial charge in [0.1, 0.15) is 11.9 Å². The van der Waals surface area contributed by atoms with Crippen LogP contribution < -0.4 is 10.3 Å². The quantitative estimate of drug-likeness (QED) is 0.818. The summed E-state index contributed by atoms with van der Waals surface area (Å²) in [7, 11) is 0. The van der Waals surface area contributed by atoms with E-state index >= 15 is 0 Å². The third-order valence-corrected chi connectivity index (χ3v) is 4.55. The summed E-state index contributed by atoms with van der Waals surface area (Å²) in [5.41, 5.74) is 2.53. The lowest BCUT2D eigenvalue weighted by Gasteiger charge is -2.22. The Morgan fingerprint density at radius 2 is 1.88 bits per heavy atom. The maximum Gasteiger partial charge on any atom is 0.273 e. The van der Waals surface area contributed by atoms with Crippen molar-refractivity contribution in [1.82, 2.24) is 9.78 Å². The van der Waals surface area contributed by atoms with Gasteiger partial charge in [0.15, 0.2) is 0 Å². The molecule has 0 aliphatic heterocycles. The molecular weight excluding hydrogens is 328 g/mol. The van der Waals surface area contributed by atoms with Crippen molar-refractivity contribution in [3.63, 3.8) is 0 Å². The molecule has 0 fully saturated rings. The molecule has 0 aliphatic rings. The molecule has 2 rings (SSSR count). The zero-order valence-electron chi connectivity index (χ0n) is 16.5. The van der Waals surface area contributed by atoms with Gasteiger partial charge >= 0.3 is 0 Å². The van der Waals surface area contributed by atoms with Gasteiger partial charge in [-0.15, -0.1) is 0 Å². The van der Waals surface area contributed by atoms with Gasteiger partial charge in [-0.1, -0.05) is 58.4 Å². The summed E-state index contributed by atoms with van der Waals surface area (Å²) < 4.78 is 7.39. The molecule has 1 aromatic carbocycles. The van der Waals surface area contributed by atoms with E-state index in [-0.39, 0.29) is 17.6 Å².